The molecule has 0 radical (unpaired) electrons. The molecule has 0 heterocycles. The second kappa shape index (κ2) is 7.30. The Labute approximate surface area is 142 Å². The van der Waals surface area contributed by atoms with Crippen molar-refractivity contribution in [2.24, 2.45) is 0 Å². The Kier molecular flexibility index (Phi) is 5.39. The third kappa shape index (κ3) is 3.65. The molecular formula is C20H23NO3. The highest BCUT2D eigenvalue weighted by Gasteiger charge is 2.20. The molecule has 0 bridgehead atoms. The molecule has 0 spiro atoms. The van der Waals surface area contributed by atoms with E-state index in [1.807, 2.05) is 52.8 Å². The Bertz CT molecular complexity index is 750. The average Bonchev–Trinajstić information content (AvgIpc) is 2.57. The van der Waals surface area contributed by atoms with Crippen LogP contribution in [0.4, 0.5) is 5.69 Å². The molecule has 4 nitrogen and oxygen atoms in total. The molecule has 126 valence electrons. The van der Waals surface area contributed by atoms with Crippen LogP contribution in [-0.2, 0) is 9.53 Å². The van der Waals surface area contributed by atoms with Gasteiger partial charge in [0.05, 0.1) is 5.56 Å². The maximum atomic E-state index is 12.5. The smallest absolute Gasteiger partial charge is 0.339 e. The normalized spacial score (nSPS) is 10.4. The summed E-state index contributed by atoms with van der Waals surface area (Å²) in [6.07, 6.45) is 0. The Morgan fingerprint density at radius 2 is 1.33 bits per heavy atom. The van der Waals surface area contributed by atoms with Crippen molar-refractivity contribution >= 4 is 17.6 Å². The number of hydrogen-bond donors (Lipinski definition) is 1. The number of esters is 1. The Balaban J connectivity index is 2.10. The standard InChI is InChI=1S/C20H23NO3/c1-12-13(2)15(4)19(16(5)14(12)3)20(23)24-11-18(22)21-17-9-7-6-8-10-17/h6-10H,11H2,1-5H3,(H,21,22). The van der Waals surface area contributed by atoms with Gasteiger partial charge in [-0.3, -0.25) is 4.79 Å². The van der Waals surface area contributed by atoms with Crippen molar-refractivity contribution in [3.63, 3.8) is 0 Å². The Hall–Kier alpha value is -2.62. The molecule has 0 aliphatic heterocycles. The van der Waals surface area contributed by atoms with Crippen LogP contribution < -0.4 is 5.32 Å². The third-order valence-electron chi connectivity index (χ3n) is 4.60. The fraction of sp³-hybridized carbons (Fsp3) is 0.300. The van der Waals surface area contributed by atoms with Gasteiger partial charge >= 0.3 is 5.97 Å². The van der Waals surface area contributed by atoms with Crippen LogP contribution in [0.1, 0.15) is 38.2 Å². The SMILES string of the molecule is Cc1c(C)c(C)c(C(=O)OCC(=O)Nc2ccccc2)c(C)c1C. The van der Waals surface area contributed by atoms with Crippen LogP contribution in [0, 0.1) is 34.6 Å². The topological polar surface area (TPSA) is 55.4 Å². The lowest BCUT2D eigenvalue weighted by Gasteiger charge is -2.17. The van der Waals surface area contributed by atoms with E-state index in [1.165, 1.54) is 5.56 Å². The first-order valence-corrected chi connectivity index (χ1v) is 7.92. The summed E-state index contributed by atoms with van der Waals surface area (Å²) < 4.78 is 5.22. The zero-order chi connectivity index (χ0) is 17.9. The van der Waals surface area contributed by atoms with Crippen LogP contribution in [0.3, 0.4) is 0 Å². The highest BCUT2D eigenvalue weighted by Crippen LogP contribution is 2.26. The number of para-hydroxylation sites is 1. The summed E-state index contributed by atoms with van der Waals surface area (Å²) in [5.74, 6) is -0.815. The summed E-state index contributed by atoms with van der Waals surface area (Å²) in [6.45, 7) is 9.56. The number of anilines is 1. The molecule has 0 saturated carbocycles. The molecule has 24 heavy (non-hydrogen) atoms. The van der Waals surface area contributed by atoms with Crippen molar-refractivity contribution in [1.29, 1.82) is 0 Å². The van der Waals surface area contributed by atoms with Gasteiger partial charge in [-0.1, -0.05) is 18.2 Å². The van der Waals surface area contributed by atoms with Gasteiger partial charge in [0.2, 0.25) is 0 Å². The first-order chi connectivity index (χ1) is 11.3. The molecule has 1 amide bonds. The predicted molar refractivity (Wildman–Crippen MR) is 95.5 cm³/mol. The molecule has 2 aromatic rings. The van der Waals surface area contributed by atoms with E-state index < -0.39 is 5.97 Å². The van der Waals surface area contributed by atoms with Gasteiger partial charge in [0, 0.05) is 5.69 Å². The first kappa shape index (κ1) is 17.7. The summed E-state index contributed by atoms with van der Waals surface area (Å²) in [6, 6.07) is 9.07. The van der Waals surface area contributed by atoms with Gasteiger partial charge in [-0.25, -0.2) is 4.79 Å². The monoisotopic (exact) mass is 325 g/mol. The zero-order valence-corrected chi connectivity index (χ0v) is 14.8. The second-order valence-electron chi connectivity index (χ2n) is 5.99. The van der Waals surface area contributed by atoms with Crippen LogP contribution in [0.15, 0.2) is 30.3 Å². The van der Waals surface area contributed by atoms with Crippen LogP contribution in [0.2, 0.25) is 0 Å². The van der Waals surface area contributed by atoms with Gasteiger partial charge < -0.3 is 10.1 Å². The van der Waals surface area contributed by atoms with E-state index in [2.05, 4.69) is 5.32 Å². The molecule has 0 aromatic heterocycles. The number of benzene rings is 2. The van der Waals surface area contributed by atoms with E-state index in [0.29, 0.717) is 11.3 Å². The van der Waals surface area contributed by atoms with Crippen LogP contribution in [0.5, 0.6) is 0 Å². The number of carbonyl (C=O) groups is 2. The number of ether oxygens (including phenoxy) is 1. The minimum atomic E-state index is -0.459. The summed E-state index contributed by atoms with van der Waals surface area (Å²) in [5, 5.41) is 2.69. The lowest BCUT2D eigenvalue weighted by Crippen LogP contribution is -2.22. The quantitative estimate of drug-likeness (QED) is 0.864. The number of amides is 1. The van der Waals surface area contributed by atoms with Gasteiger partial charge in [-0.05, 0) is 74.6 Å². The summed E-state index contributed by atoms with van der Waals surface area (Å²) in [7, 11) is 0. The molecule has 0 saturated heterocycles. The Morgan fingerprint density at radius 3 is 1.88 bits per heavy atom. The summed E-state index contributed by atoms with van der Waals surface area (Å²) in [5.41, 5.74) is 6.39. The third-order valence-corrected chi connectivity index (χ3v) is 4.60. The maximum Gasteiger partial charge on any atom is 0.339 e. The van der Waals surface area contributed by atoms with Crippen molar-refractivity contribution in [1.82, 2.24) is 0 Å². The van der Waals surface area contributed by atoms with Crippen LogP contribution >= 0.6 is 0 Å². The first-order valence-electron chi connectivity index (χ1n) is 7.92. The minimum Gasteiger partial charge on any atom is -0.452 e. The minimum absolute atomic E-state index is 0.307. The van der Waals surface area contributed by atoms with Gasteiger partial charge in [0.25, 0.3) is 5.91 Å². The Morgan fingerprint density at radius 1 is 0.833 bits per heavy atom. The van der Waals surface area contributed by atoms with Gasteiger partial charge in [0.1, 0.15) is 0 Å². The van der Waals surface area contributed by atoms with Gasteiger partial charge in [0.15, 0.2) is 6.61 Å². The largest absolute Gasteiger partial charge is 0.452 e. The fourth-order valence-corrected chi connectivity index (χ4v) is 2.73. The lowest BCUT2D eigenvalue weighted by atomic mass is 9.90. The number of hydrogen-bond acceptors (Lipinski definition) is 3. The van der Waals surface area contributed by atoms with Crippen molar-refractivity contribution in [3.8, 4) is 0 Å². The van der Waals surface area contributed by atoms with E-state index in [-0.39, 0.29) is 12.5 Å². The van der Waals surface area contributed by atoms with Crippen molar-refractivity contribution in [2.45, 2.75) is 34.6 Å². The average molecular weight is 325 g/mol. The summed E-state index contributed by atoms with van der Waals surface area (Å²) in [4.78, 5) is 24.4. The molecule has 2 rings (SSSR count). The molecule has 1 N–H and O–H groups in total. The number of nitrogens with one attached hydrogen (secondary N) is 1. The molecule has 0 aliphatic carbocycles. The summed E-state index contributed by atoms with van der Waals surface area (Å²) >= 11 is 0. The van der Waals surface area contributed by atoms with E-state index >= 15 is 0 Å². The second-order valence-corrected chi connectivity index (χ2v) is 5.99. The lowest BCUT2D eigenvalue weighted by molar-refractivity contribution is -0.119. The van der Waals surface area contributed by atoms with Crippen LogP contribution in [0.25, 0.3) is 0 Å². The molecule has 0 unspecified atom stereocenters. The molecular weight excluding hydrogens is 302 g/mol. The van der Waals surface area contributed by atoms with Gasteiger partial charge in [-0.2, -0.15) is 0 Å². The van der Waals surface area contributed by atoms with E-state index in [1.54, 1.807) is 12.1 Å². The van der Waals surface area contributed by atoms with E-state index in [9.17, 15) is 9.59 Å². The van der Waals surface area contributed by atoms with Gasteiger partial charge in [-0.15, -0.1) is 0 Å². The molecule has 0 aliphatic rings. The maximum absolute atomic E-state index is 12.5. The van der Waals surface area contributed by atoms with E-state index in [4.69, 9.17) is 4.74 Å². The number of rotatable bonds is 4. The molecule has 0 atom stereocenters. The highest BCUT2D eigenvalue weighted by atomic mass is 16.5. The molecule has 0 fully saturated rings. The zero-order valence-electron chi connectivity index (χ0n) is 14.8. The number of carbonyl (C=O) groups excluding carboxylic acids is 2. The molecule has 4 heteroatoms. The highest BCUT2D eigenvalue weighted by molar-refractivity contribution is 5.97. The van der Waals surface area contributed by atoms with Crippen molar-refractivity contribution in [3.05, 3.63) is 63.7 Å². The van der Waals surface area contributed by atoms with Crippen molar-refractivity contribution < 1.29 is 14.3 Å². The van der Waals surface area contributed by atoms with Crippen LogP contribution in [-0.4, -0.2) is 18.5 Å². The van der Waals surface area contributed by atoms with Crippen molar-refractivity contribution in [2.75, 3.05) is 11.9 Å². The fourth-order valence-electron chi connectivity index (χ4n) is 2.73. The van der Waals surface area contributed by atoms with E-state index in [0.717, 1.165) is 22.3 Å². The predicted octanol–water partition coefficient (Wildman–Crippen LogP) is 4.02. The molecule has 2 aromatic carbocycles.